The summed E-state index contributed by atoms with van der Waals surface area (Å²) in [7, 11) is 0. The average Bonchev–Trinajstić information content (AvgIpc) is 2.70. The second-order valence-electron chi connectivity index (χ2n) is 7.31. The molecular formula is C21H30N2O4. The van der Waals surface area contributed by atoms with Crippen molar-refractivity contribution in [1.29, 1.82) is 0 Å². The van der Waals surface area contributed by atoms with Gasteiger partial charge in [0.1, 0.15) is 12.4 Å². The summed E-state index contributed by atoms with van der Waals surface area (Å²) in [4.78, 5) is 25.7. The molecule has 1 N–H and O–H groups in total. The summed E-state index contributed by atoms with van der Waals surface area (Å²) in [5.41, 5.74) is 0.760. The van der Waals surface area contributed by atoms with Crippen molar-refractivity contribution < 1.29 is 19.1 Å². The highest BCUT2D eigenvalue weighted by Gasteiger charge is 2.17. The summed E-state index contributed by atoms with van der Waals surface area (Å²) in [5.74, 6) is 0.977. The third-order valence-electron chi connectivity index (χ3n) is 5.10. The van der Waals surface area contributed by atoms with Gasteiger partial charge in [0.05, 0.1) is 6.10 Å². The standard InChI is InChI=1S/C21H30N2O4/c24-20(7-5-14-23-13-3-1-8-21(23)25)22-17-9-11-18(12-10-17)27-16-19-6-2-4-15-26-19/h9-12,19H,1-8,13-16H2,(H,22,24). The number of likely N-dealkylation sites (tertiary alicyclic amines) is 1. The van der Waals surface area contributed by atoms with Crippen molar-refractivity contribution in [3.05, 3.63) is 24.3 Å². The molecule has 3 rings (SSSR count). The molecule has 0 aliphatic carbocycles. The fraction of sp³-hybridized carbons (Fsp3) is 0.619. The monoisotopic (exact) mass is 374 g/mol. The minimum absolute atomic E-state index is 0.0243. The van der Waals surface area contributed by atoms with Gasteiger partial charge in [0.2, 0.25) is 11.8 Å². The lowest BCUT2D eigenvalue weighted by Gasteiger charge is -2.26. The quantitative estimate of drug-likeness (QED) is 0.758. The first-order valence-electron chi connectivity index (χ1n) is 10.1. The number of ether oxygens (including phenoxy) is 2. The van der Waals surface area contributed by atoms with Crippen LogP contribution >= 0.6 is 0 Å². The molecule has 0 aromatic heterocycles. The minimum atomic E-state index is -0.0243. The van der Waals surface area contributed by atoms with Crippen LogP contribution < -0.4 is 10.1 Å². The second kappa shape index (κ2) is 10.3. The van der Waals surface area contributed by atoms with E-state index in [1.54, 1.807) is 0 Å². The van der Waals surface area contributed by atoms with Gasteiger partial charge in [0.15, 0.2) is 0 Å². The lowest BCUT2D eigenvalue weighted by atomic mass is 10.1. The largest absolute Gasteiger partial charge is 0.491 e. The number of nitrogens with one attached hydrogen (secondary N) is 1. The third-order valence-corrected chi connectivity index (χ3v) is 5.10. The van der Waals surface area contributed by atoms with E-state index in [2.05, 4.69) is 5.32 Å². The Labute approximate surface area is 161 Å². The van der Waals surface area contributed by atoms with Gasteiger partial charge in [-0.05, 0) is 62.8 Å². The second-order valence-corrected chi connectivity index (χ2v) is 7.31. The van der Waals surface area contributed by atoms with Gasteiger partial charge in [-0.1, -0.05) is 0 Å². The Balaban J connectivity index is 1.34. The minimum Gasteiger partial charge on any atom is -0.491 e. The molecule has 6 nitrogen and oxygen atoms in total. The molecule has 148 valence electrons. The van der Waals surface area contributed by atoms with E-state index in [0.29, 0.717) is 32.4 Å². The van der Waals surface area contributed by atoms with E-state index in [9.17, 15) is 9.59 Å². The van der Waals surface area contributed by atoms with Gasteiger partial charge < -0.3 is 19.7 Å². The Kier molecular flexibility index (Phi) is 7.51. The molecule has 1 aromatic rings. The highest BCUT2D eigenvalue weighted by Crippen LogP contribution is 2.19. The maximum Gasteiger partial charge on any atom is 0.224 e. The maximum absolute atomic E-state index is 12.1. The first-order valence-corrected chi connectivity index (χ1v) is 10.1. The van der Waals surface area contributed by atoms with Crippen molar-refractivity contribution in [3.8, 4) is 5.75 Å². The molecule has 1 unspecified atom stereocenters. The van der Waals surface area contributed by atoms with Crippen LogP contribution in [0.5, 0.6) is 5.75 Å². The van der Waals surface area contributed by atoms with Gasteiger partial charge in [-0.2, -0.15) is 0 Å². The van der Waals surface area contributed by atoms with Crippen molar-refractivity contribution in [2.75, 3.05) is 31.6 Å². The number of amides is 2. The lowest BCUT2D eigenvalue weighted by Crippen LogP contribution is -2.36. The van der Waals surface area contributed by atoms with Crippen LogP contribution in [0.3, 0.4) is 0 Å². The van der Waals surface area contributed by atoms with Crippen molar-refractivity contribution >= 4 is 17.5 Å². The van der Waals surface area contributed by atoms with Crippen molar-refractivity contribution in [2.45, 2.75) is 57.5 Å². The van der Waals surface area contributed by atoms with Crippen LogP contribution in [0.2, 0.25) is 0 Å². The van der Waals surface area contributed by atoms with Crippen LogP contribution in [0.25, 0.3) is 0 Å². The first kappa shape index (κ1) is 19.7. The number of nitrogens with zero attached hydrogens (tertiary/aromatic N) is 1. The zero-order valence-corrected chi connectivity index (χ0v) is 16.0. The number of carbonyl (C=O) groups is 2. The molecule has 0 bridgehead atoms. The SMILES string of the molecule is O=C(CCCN1CCCCC1=O)Nc1ccc(OCC2CCCCO2)cc1. The van der Waals surface area contributed by atoms with Crippen LogP contribution in [-0.4, -0.2) is 49.1 Å². The number of anilines is 1. The Morgan fingerprint density at radius 2 is 2.04 bits per heavy atom. The van der Waals surface area contributed by atoms with E-state index in [4.69, 9.17) is 9.47 Å². The Morgan fingerprint density at radius 1 is 1.19 bits per heavy atom. The van der Waals surface area contributed by atoms with Crippen LogP contribution in [-0.2, 0) is 14.3 Å². The molecule has 0 radical (unpaired) electrons. The highest BCUT2D eigenvalue weighted by molar-refractivity contribution is 5.90. The van der Waals surface area contributed by atoms with E-state index >= 15 is 0 Å². The third kappa shape index (κ3) is 6.54. The number of hydrogen-bond donors (Lipinski definition) is 1. The van der Waals surface area contributed by atoms with E-state index in [1.807, 2.05) is 29.2 Å². The fourth-order valence-corrected chi connectivity index (χ4v) is 3.51. The zero-order chi connectivity index (χ0) is 18.9. The number of benzene rings is 1. The normalized spacial score (nSPS) is 20.4. The van der Waals surface area contributed by atoms with Crippen LogP contribution in [0.1, 0.15) is 51.4 Å². The number of hydrogen-bond acceptors (Lipinski definition) is 4. The topological polar surface area (TPSA) is 67.9 Å². The lowest BCUT2D eigenvalue weighted by molar-refractivity contribution is -0.133. The van der Waals surface area contributed by atoms with E-state index in [1.165, 1.54) is 6.42 Å². The molecule has 2 fully saturated rings. The van der Waals surface area contributed by atoms with E-state index < -0.39 is 0 Å². The number of rotatable bonds is 8. The van der Waals surface area contributed by atoms with Gasteiger partial charge in [-0.15, -0.1) is 0 Å². The summed E-state index contributed by atoms with van der Waals surface area (Å²) in [5, 5.41) is 2.90. The summed E-state index contributed by atoms with van der Waals surface area (Å²) >= 11 is 0. The summed E-state index contributed by atoms with van der Waals surface area (Å²) in [6.07, 6.45) is 7.39. The van der Waals surface area contributed by atoms with Crippen molar-refractivity contribution in [2.24, 2.45) is 0 Å². The van der Waals surface area contributed by atoms with Crippen molar-refractivity contribution in [3.63, 3.8) is 0 Å². The molecule has 0 saturated carbocycles. The van der Waals surface area contributed by atoms with Gasteiger partial charge in [0, 0.05) is 38.2 Å². The first-order chi connectivity index (χ1) is 13.2. The maximum atomic E-state index is 12.1. The highest BCUT2D eigenvalue weighted by atomic mass is 16.5. The number of carbonyl (C=O) groups excluding carboxylic acids is 2. The molecule has 2 heterocycles. The van der Waals surface area contributed by atoms with Gasteiger partial charge >= 0.3 is 0 Å². The van der Waals surface area contributed by atoms with E-state index in [0.717, 1.165) is 50.3 Å². The van der Waals surface area contributed by atoms with Crippen LogP contribution in [0.4, 0.5) is 5.69 Å². The summed E-state index contributed by atoms with van der Waals surface area (Å²) in [6, 6.07) is 7.43. The molecule has 2 amide bonds. The van der Waals surface area contributed by atoms with E-state index in [-0.39, 0.29) is 17.9 Å². The molecule has 2 saturated heterocycles. The molecule has 6 heteroatoms. The van der Waals surface area contributed by atoms with Crippen molar-refractivity contribution in [1.82, 2.24) is 4.90 Å². The Hall–Kier alpha value is -2.08. The predicted molar refractivity (Wildman–Crippen MR) is 104 cm³/mol. The molecular weight excluding hydrogens is 344 g/mol. The molecule has 0 spiro atoms. The van der Waals surface area contributed by atoms with Gasteiger partial charge in [-0.25, -0.2) is 0 Å². The molecule has 2 aliphatic rings. The average molecular weight is 374 g/mol. The predicted octanol–water partition coefficient (Wildman–Crippen LogP) is 3.37. The zero-order valence-electron chi connectivity index (χ0n) is 16.0. The molecule has 1 aromatic carbocycles. The molecule has 2 aliphatic heterocycles. The summed E-state index contributed by atoms with van der Waals surface area (Å²) in [6.45, 7) is 2.89. The van der Waals surface area contributed by atoms with Gasteiger partial charge in [0.25, 0.3) is 0 Å². The summed E-state index contributed by atoms with van der Waals surface area (Å²) < 4.78 is 11.4. The van der Waals surface area contributed by atoms with Crippen LogP contribution in [0, 0.1) is 0 Å². The molecule has 1 atom stereocenters. The number of piperidine rings is 1. The smallest absolute Gasteiger partial charge is 0.224 e. The Bertz CT molecular complexity index is 611. The fourth-order valence-electron chi connectivity index (χ4n) is 3.51. The molecule has 27 heavy (non-hydrogen) atoms. The van der Waals surface area contributed by atoms with Crippen LogP contribution in [0.15, 0.2) is 24.3 Å². The van der Waals surface area contributed by atoms with Gasteiger partial charge in [-0.3, -0.25) is 9.59 Å². The Morgan fingerprint density at radius 3 is 2.78 bits per heavy atom.